The van der Waals surface area contributed by atoms with Crippen molar-refractivity contribution in [2.75, 3.05) is 24.6 Å². The normalized spacial score (nSPS) is 25.0. The van der Waals surface area contributed by atoms with E-state index in [2.05, 4.69) is 17.1 Å². The van der Waals surface area contributed by atoms with Crippen molar-refractivity contribution in [2.45, 2.75) is 25.4 Å². The molecule has 2 rings (SSSR count). The molecule has 2 N–H and O–H groups in total. The van der Waals surface area contributed by atoms with Crippen molar-refractivity contribution in [3.63, 3.8) is 0 Å². The van der Waals surface area contributed by atoms with Gasteiger partial charge in [0.05, 0.1) is 5.69 Å². The Labute approximate surface area is 101 Å². The summed E-state index contributed by atoms with van der Waals surface area (Å²) >= 11 is 0. The van der Waals surface area contributed by atoms with Crippen molar-refractivity contribution in [3.05, 3.63) is 30.1 Å². The van der Waals surface area contributed by atoms with Crippen LogP contribution in [-0.2, 0) is 0 Å². The van der Waals surface area contributed by atoms with Gasteiger partial charge in [0.1, 0.15) is 5.82 Å². The summed E-state index contributed by atoms with van der Waals surface area (Å²) in [5.74, 6) is -0.177. The molecule has 1 aromatic carbocycles. The van der Waals surface area contributed by atoms with Crippen LogP contribution in [-0.4, -0.2) is 36.9 Å². The molecule has 1 aromatic rings. The maximum atomic E-state index is 13.7. The summed E-state index contributed by atoms with van der Waals surface area (Å²) in [6, 6.07) is 7.36. The number of aliphatic hydroxyl groups is 1. The molecule has 3 nitrogen and oxygen atoms in total. The number of nitrogens with one attached hydrogen (secondary N) is 1. The van der Waals surface area contributed by atoms with Gasteiger partial charge < -0.3 is 15.3 Å². The smallest absolute Gasteiger partial charge is 0.146 e. The van der Waals surface area contributed by atoms with E-state index in [0.29, 0.717) is 12.1 Å². The number of nitrogens with zero attached hydrogens (tertiary/aromatic N) is 1. The molecule has 1 fully saturated rings. The van der Waals surface area contributed by atoms with Crippen LogP contribution in [0.5, 0.6) is 0 Å². The van der Waals surface area contributed by atoms with Gasteiger partial charge in [0, 0.05) is 31.8 Å². The lowest BCUT2D eigenvalue weighted by atomic mass is 10.1. The third-order valence-corrected chi connectivity index (χ3v) is 3.29. The van der Waals surface area contributed by atoms with Gasteiger partial charge in [-0.25, -0.2) is 4.39 Å². The van der Waals surface area contributed by atoms with Crippen LogP contribution in [0.4, 0.5) is 10.1 Å². The van der Waals surface area contributed by atoms with E-state index in [1.807, 2.05) is 12.1 Å². The second-order valence-electron chi connectivity index (χ2n) is 4.57. The Kier molecular flexibility index (Phi) is 3.97. The van der Waals surface area contributed by atoms with Crippen LogP contribution in [0.2, 0.25) is 0 Å². The molecule has 0 saturated carbocycles. The molecular weight excluding hydrogens is 219 g/mol. The van der Waals surface area contributed by atoms with E-state index in [1.165, 1.54) is 6.07 Å². The first-order valence-electron chi connectivity index (χ1n) is 6.07. The minimum atomic E-state index is -0.177. The van der Waals surface area contributed by atoms with Gasteiger partial charge in [-0.15, -0.1) is 0 Å². The lowest BCUT2D eigenvalue weighted by molar-refractivity contribution is 0.254. The highest BCUT2D eigenvalue weighted by Gasteiger charge is 2.26. The third-order valence-electron chi connectivity index (χ3n) is 3.29. The zero-order chi connectivity index (χ0) is 12.3. The predicted octanol–water partition coefficient (Wildman–Crippen LogP) is 1.37. The molecular formula is C13H19FN2O. The molecule has 1 saturated heterocycles. The lowest BCUT2D eigenvalue weighted by Crippen LogP contribution is -2.56. The molecule has 0 spiro atoms. The monoisotopic (exact) mass is 238 g/mol. The maximum absolute atomic E-state index is 13.7. The first kappa shape index (κ1) is 12.3. The second-order valence-corrected chi connectivity index (χ2v) is 4.57. The molecule has 0 amide bonds. The van der Waals surface area contributed by atoms with Crippen LogP contribution in [0.3, 0.4) is 0 Å². The zero-order valence-corrected chi connectivity index (χ0v) is 10.1. The molecule has 2 unspecified atom stereocenters. The molecule has 1 aliphatic rings. The van der Waals surface area contributed by atoms with Gasteiger partial charge in [-0.1, -0.05) is 12.1 Å². The average Bonchev–Trinajstić information content (AvgIpc) is 2.33. The van der Waals surface area contributed by atoms with E-state index < -0.39 is 0 Å². The predicted molar refractivity (Wildman–Crippen MR) is 66.7 cm³/mol. The summed E-state index contributed by atoms with van der Waals surface area (Å²) in [4.78, 5) is 2.08. The first-order chi connectivity index (χ1) is 8.22. The molecule has 0 aromatic heterocycles. The van der Waals surface area contributed by atoms with Crippen molar-refractivity contribution in [1.29, 1.82) is 0 Å². The van der Waals surface area contributed by atoms with E-state index in [-0.39, 0.29) is 24.5 Å². The second kappa shape index (κ2) is 5.47. The lowest BCUT2D eigenvalue weighted by Gasteiger charge is -2.40. The molecule has 0 bridgehead atoms. The summed E-state index contributed by atoms with van der Waals surface area (Å²) < 4.78 is 13.7. The number of para-hydroxylation sites is 1. The number of piperazine rings is 1. The molecule has 1 aliphatic heterocycles. The van der Waals surface area contributed by atoms with Crippen LogP contribution in [0, 0.1) is 5.82 Å². The Bertz CT molecular complexity index is 372. The molecule has 17 heavy (non-hydrogen) atoms. The van der Waals surface area contributed by atoms with Crippen LogP contribution in [0.25, 0.3) is 0 Å². The number of hydrogen-bond acceptors (Lipinski definition) is 3. The number of anilines is 1. The minimum Gasteiger partial charge on any atom is -0.396 e. The Morgan fingerprint density at radius 3 is 2.94 bits per heavy atom. The van der Waals surface area contributed by atoms with Gasteiger partial charge >= 0.3 is 0 Å². The molecule has 94 valence electrons. The number of hydrogen-bond donors (Lipinski definition) is 2. The van der Waals surface area contributed by atoms with Crippen molar-refractivity contribution in [1.82, 2.24) is 5.32 Å². The van der Waals surface area contributed by atoms with Crippen LogP contribution in [0.15, 0.2) is 24.3 Å². The standard InChI is InChI=1S/C13H19FN2O/c1-10-8-15-11(6-7-17)9-16(10)13-5-3-2-4-12(13)14/h2-5,10-11,15,17H,6-9H2,1H3. The number of benzene rings is 1. The van der Waals surface area contributed by atoms with E-state index in [4.69, 9.17) is 5.11 Å². The highest BCUT2D eigenvalue weighted by atomic mass is 19.1. The van der Waals surface area contributed by atoms with Gasteiger partial charge in [0.15, 0.2) is 0 Å². The van der Waals surface area contributed by atoms with Crippen molar-refractivity contribution >= 4 is 5.69 Å². The fraction of sp³-hybridized carbons (Fsp3) is 0.538. The zero-order valence-electron chi connectivity index (χ0n) is 10.1. The quantitative estimate of drug-likeness (QED) is 0.835. The first-order valence-corrected chi connectivity index (χ1v) is 6.07. The third kappa shape index (κ3) is 2.76. The summed E-state index contributed by atoms with van der Waals surface area (Å²) in [6.07, 6.45) is 0.706. The van der Waals surface area contributed by atoms with E-state index in [0.717, 1.165) is 13.1 Å². The Balaban J connectivity index is 2.15. The fourth-order valence-electron chi connectivity index (χ4n) is 2.30. The van der Waals surface area contributed by atoms with Crippen LogP contribution >= 0.6 is 0 Å². The number of aliphatic hydroxyl groups excluding tert-OH is 1. The molecule has 0 aliphatic carbocycles. The minimum absolute atomic E-state index is 0.164. The Morgan fingerprint density at radius 1 is 1.47 bits per heavy atom. The van der Waals surface area contributed by atoms with Gasteiger partial charge in [0.2, 0.25) is 0 Å². The molecule has 4 heteroatoms. The maximum Gasteiger partial charge on any atom is 0.146 e. The van der Waals surface area contributed by atoms with E-state index in [9.17, 15) is 4.39 Å². The van der Waals surface area contributed by atoms with Gasteiger partial charge in [-0.3, -0.25) is 0 Å². The van der Waals surface area contributed by atoms with E-state index in [1.54, 1.807) is 6.07 Å². The van der Waals surface area contributed by atoms with Crippen LogP contribution in [0.1, 0.15) is 13.3 Å². The van der Waals surface area contributed by atoms with Crippen molar-refractivity contribution in [3.8, 4) is 0 Å². The summed E-state index contributed by atoms with van der Waals surface area (Å²) in [6.45, 7) is 3.80. The van der Waals surface area contributed by atoms with Gasteiger partial charge in [-0.2, -0.15) is 0 Å². The highest BCUT2D eigenvalue weighted by Crippen LogP contribution is 2.23. The highest BCUT2D eigenvalue weighted by molar-refractivity contribution is 5.49. The van der Waals surface area contributed by atoms with Gasteiger partial charge in [-0.05, 0) is 25.5 Å². The number of halogens is 1. The largest absolute Gasteiger partial charge is 0.396 e. The van der Waals surface area contributed by atoms with Gasteiger partial charge in [0.25, 0.3) is 0 Å². The topological polar surface area (TPSA) is 35.5 Å². The van der Waals surface area contributed by atoms with E-state index >= 15 is 0 Å². The summed E-state index contributed by atoms with van der Waals surface area (Å²) in [5.41, 5.74) is 0.657. The molecule has 0 radical (unpaired) electrons. The molecule has 1 heterocycles. The number of rotatable bonds is 3. The SMILES string of the molecule is CC1CNC(CCO)CN1c1ccccc1F. The fourth-order valence-corrected chi connectivity index (χ4v) is 2.30. The Morgan fingerprint density at radius 2 is 2.24 bits per heavy atom. The average molecular weight is 238 g/mol. The van der Waals surface area contributed by atoms with Crippen molar-refractivity contribution in [2.24, 2.45) is 0 Å². The molecule has 2 atom stereocenters. The van der Waals surface area contributed by atoms with Crippen LogP contribution < -0.4 is 10.2 Å². The summed E-state index contributed by atoms with van der Waals surface area (Å²) in [7, 11) is 0. The summed E-state index contributed by atoms with van der Waals surface area (Å²) in [5, 5.41) is 12.3. The van der Waals surface area contributed by atoms with Crippen molar-refractivity contribution < 1.29 is 9.50 Å². The Hall–Kier alpha value is -1.13.